The molecule has 0 aromatic carbocycles. The van der Waals surface area contributed by atoms with Crippen molar-refractivity contribution in [1.82, 2.24) is 40.5 Å². The molecule has 0 spiro atoms. The molecule has 1 amide bonds. The van der Waals surface area contributed by atoms with Crippen LogP contribution in [0.25, 0.3) is 30.6 Å². The Balaban J connectivity index is 0.000000195. The first-order valence-electron chi connectivity index (χ1n) is 33.7. The second-order valence-electron chi connectivity index (χ2n) is 28.3. The van der Waals surface area contributed by atoms with Crippen molar-refractivity contribution in [1.29, 1.82) is 0 Å². The minimum Gasteiger partial charge on any atom is -1.00 e. The van der Waals surface area contributed by atoms with Gasteiger partial charge in [-0.05, 0) is 253 Å². The summed E-state index contributed by atoms with van der Waals surface area (Å²) in [5.74, 6) is 3.13. The van der Waals surface area contributed by atoms with E-state index in [9.17, 15) is 14.4 Å². The van der Waals surface area contributed by atoms with Crippen LogP contribution in [-0.2, 0) is 62.2 Å². The molecule has 4 fully saturated rings. The first-order valence-corrected chi connectivity index (χ1v) is 36.2. The van der Waals surface area contributed by atoms with Gasteiger partial charge in [-0.25, -0.2) is 44.3 Å². The van der Waals surface area contributed by atoms with Gasteiger partial charge < -0.3 is 57.4 Å². The summed E-state index contributed by atoms with van der Waals surface area (Å²) in [5.41, 5.74) is 8.66. The summed E-state index contributed by atoms with van der Waals surface area (Å²) in [6, 6.07) is 2.73. The van der Waals surface area contributed by atoms with Gasteiger partial charge in [0.2, 0.25) is 0 Å². The van der Waals surface area contributed by atoms with E-state index in [0.29, 0.717) is 30.2 Å². The molecule has 3 saturated carbocycles. The Bertz CT molecular complexity index is 3310. The third-order valence-corrected chi connectivity index (χ3v) is 21.0. The van der Waals surface area contributed by atoms with E-state index >= 15 is 0 Å². The first-order chi connectivity index (χ1) is 43.5. The number of carbonyl (C=O) groups excluding carboxylic acids is 3. The fourth-order valence-electron chi connectivity index (χ4n) is 12.9. The number of hydrogen-bond acceptors (Lipinski definition) is 22. The molecular formula is C68H106AlLiN12O8S3. The minimum absolute atomic E-state index is 0. The van der Waals surface area contributed by atoms with Gasteiger partial charge in [0.05, 0.1) is 16.2 Å². The summed E-state index contributed by atoms with van der Waals surface area (Å²) >= 11 is 5.58. The molecule has 0 unspecified atom stereocenters. The van der Waals surface area contributed by atoms with Crippen LogP contribution in [-0.4, -0.2) is 139 Å². The van der Waals surface area contributed by atoms with Crippen LogP contribution >= 0.6 is 34.0 Å². The minimum atomic E-state index is -1.06. The molecule has 508 valence electrons. The van der Waals surface area contributed by atoms with Crippen LogP contribution < -0.4 is 51.2 Å². The van der Waals surface area contributed by atoms with E-state index < -0.39 is 29.1 Å². The number of nitrogens with one attached hydrogen (secondary N) is 5. The van der Waals surface area contributed by atoms with Crippen molar-refractivity contribution in [3.8, 4) is 0 Å². The number of nitrogens with two attached hydrogens (primary N) is 1. The van der Waals surface area contributed by atoms with Gasteiger partial charge in [-0.1, -0.05) is 0 Å². The number of anilines is 3. The van der Waals surface area contributed by atoms with Gasteiger partial charge in [-0.15, -0.1) is 34.0 Å². The van der Waals surface area contributed by atoms with Crippen LogP contribution in [0, 0.1) is 0 Å². The number of amides is 1. The van der Waals surface area contributed by atoms with Crippen LogP contribution in [0.5, 0.6) is 0 Å². The van der Waals surface area contributed by atoms with E-state index in [4.69, 9.17) is 24.7 Å². The van der Waals surface area contributed by atoms with Gasteiger partial charge in [0, 0.05) is 64.1 Å². The van der Waals surface area contributed by atoms with Gasteiger partial charge in [0.25, 0.3) is 0 Å². The Kier molecular flexibility index (Phi) is 29.1. The van der Waals surface area contributed by atoms with Crippen LogP contribution in [0.1, 0.15) is 223 Å². The van der Waals surface area contributed by atoms with Crippen LogP contribution in [0.15, 0.2) is 19.0 Å². The Hall–Kier alpha value is -4.46. The number of aromatic nitrogens is 6. The summed E-state index contributed by atoms with van der Waals surface area (Å²) < 4.78 is 24.1. The molecule has 13 rings (SSSR count). The molecule has 6 aromatic rings. The molecule has 7 N–H and O–H groups in total. The van der Waals surface area contributed by atoms with Crippen molar-refractivity contribution < 1.29 is 58.4 Å². The molecule has 0 atom stereocenters. The Labute approximate surface area is 587 Å². The smallest absolute Gasteiger partial charge is 1.00 e. The third-order valence-electron chi connectivity index (χ3n) is 17.4. The zero-order valence-corrected chi connectivity index (χ0v) is 59.2. The molecule has 6 aliphatic carbocycles. The van der Waals surface area contributed by atoms with E-state index in [1.54, 1.807) is 65.4 Å². The Morgan fingerprint density at radius 1 is 0.473 bits per heavy atom. The molecule has 1 aliphatic heterocycles. The standard InChI is InChI=1S/C21H30N4O2S.C17H24N4S.C16H22N4S.C10H18O5.C4H8O.Al.Li.4H/c1-21(2,3)27-20(26)25-14-10-8-13(9-11-14)24-18-17-15-6-4-5-7-16(15)28-19(17)23-12-22-18;1-18-11-6-8-12(9-7-11)21-16-15-13-4-2-3-5-14(13)22-17(15)20-10-19-16;17-10-5-7-11(8-6-10)20-15-14-12-3-1-2-4-13(12)21-16(14)19-9-18-15;1-9(2,3)14-7(11)13-8(12)15-10(4,5)6;1-2-4-5-3-1;;;;;;/h12-14H,4-11H2,1-3H3,(H,25,26)(H,22,23,24);10-12,18H,2-9H2,1H3,(H,19,20,21);9-11H,1-8,17H2,(H,18,19,20);1-6H3;1-4H2;;;;;;/q;;;;;;+1;;;;-1. The first kappa shape index (κ1) is 75.9. The van der Waals surface area contributed by atoms with Gasteiger partial charge >= 0.3 is 37.3 Å². The fourth-order valence-corrected chi connectivity index (χ4v) is 16.6. The molecule has 7 heterocycles. The molecule has 93 heavy (non-hydrogen) atoms. The number of ether oxygens (including phenoxy) is 5. The van der Waals surface area contributed by atoms with Crippen molar-refractivity contribution >= 4 is 118 Å². The second kappa shape index (κ2) is 35.7. The molecule has 1 saturated heterocycles. The molecular weight excluding hydrogens is 1240 g/mol. The Morgan fingerprint density at radius 3 is 1.12 bits per heavy atom. The average Bonchev–Trinajstić information content (AvgIpc) is 1.64. The van der Waals surface area contributed by atoms with Crippen LogP contribution in [0.4, 0.5) is 31.8 Å². The predicted molar refractivity (Wildman–Crippen MR) is 378 cm³/mol. The molecule has 20 nitrogen and oxygen atoms in total. The van der Waals surface area contributed by atoms with Crippen molar-refractivity contribution in [3.05, 3.63) is 50.3 Å². The molecule has 25 heteroatoms. The van der Waals surface area contributed by atoms with Gasteiger partial charge in [0.1, 0.15) is 67.7 Å². The van der Waals surface area contributed by atoms with Crippen LogP contribution in [0.2, 0.25) is 0 Å². The summed E-state index contributed by atoms with van der Waals surface area (Å²) in [5, 5.41) is 21.4. The summed E-state index contributed by atoms with van der Waals surface area (Å²) in [6.07, 6.45) is 33.6. The number of rotatable bonds is 8. The maximum atomic E-state index is 12.0. The quantitative estimate of drug-likeness (QED) is 0.0358. The summed E-state index contributed by atoms with van der Waals surface area (Å²) in [4.78, 5) is 69.3. The van der Waals surface area contributed by atoms with E-state index in [-0.39, 0.29) is 49.8 Å². The molecule has 0 bridgehead atoms. The molecule has 0 radical (unpaired) electrons. The van der Waals surface area contributed by atoms with Crippen molar-refractivity contribution in [2.45, 2.75) is 282 Å². The second-order valence-corrected chi connectivity index (χ2v) is 31.5. The van der Waals surface area contributed by atoms with E-state index in [1.807, 2.05) is 54.8 Å². The number of hydrogen-bond donors (Lipinski definition) is 6. The van der Waals surface area contributed by atoms with E-state index in [0.717, 1.165) is 98.1 Å². The number of thiophene rings is 3. The molecule has 7 aliphatic rings. The third kappa shape index (κ3) is 23.1. The number of aryl methyl sites for hydroxylation is 6. The SMILES string of the molecule is C1CCOC1.CC(C)(C)OC(=O)NC1CCC(Nc2ncnc3sc4c(c23)CCCC4)CC1.CC(C)(C)OC(=O)OC(=O)OC(C)(C)C.CNC1CCC(Nc2ncnc3sc4c(c23)CCCC4)CC1.NC1CCC(Nc2ncnc3sc4c(c23)CCCC4)CC1.[AlH3].[H-].[Li+]. The van der Waals surface area contributed by atoms with Crippen molar-refractivity contribution in [2.24, 2.45) is 5.73 Å². The van der Waals surface area contributed by atoms with Gasteiger partial charge in [0.15, 0.2) is 17.4 Å². The van der Waals surface area contributed by atoms with Crippen LogP contribution in [0.3, 0.4) is 0 Å². The molecule has 6 aromatic heterocycles. The largest absolute Gasteiger partial charge is 1.00 e. The normalized spacial score (nSPS) is 21.8. The maximum absolute atomic E-state index is 12.0. The maximum Gasteiger partial charge on any atom is 1.00 e. The summed E-state index contributed by atoms with van der Waals surface area (Å²) in [6.45, 7) is 17.7. The number of nitrogens with zero attached hydrogens (tertiary/aromatic N) is 6. The van der Waals surface area contributed by atoms with Gasteiger partial charge in [-0.3, -0.25) is 0 Å². The monoisotopic (exact) mass is 1350 g/mol. The fraction of sp³-hybridized carbons (Fsp3) is 0.691. The Morgan fingerprint density at radius 2 is 0.796 bits per heavy atom. The summed E-state index contributed by atoms with van der Waals surface area (Å²) in [7, 11) is 2.07. The van der Waals surface area contributed by atoms with Crippen molar-refractivity contribution in [3.63, 3.8) is 0 Å². The van der Waals surface area contributed by atoms with E-state index in [2.05, 4.69) is 68.3 Å². The van der Waals surface area contributed by atoms with Gasteiger partial charge in [-0.2, -0.15) is 0 Å². The number of fused-ring (bicyclic) bond motifs is 9. The zero-order valence-electron chi connectivity index (χ0n) is 57.7. The number of carbonyl (C=O) groups is 3. The van der Waals surface area contributed by atoms with Crippen molar-refractivity contribution in [2.75, 3.05) is 36.2 Å². The zero-order chi connectivity index (χ0) is 64.7. The topological polar surface area (TPSA) is 261 Å². The van der Waals surface area contributed by atoms with E-state index in [1.165, 1.54) is 157 Å². The number of alkyl carbamates (subject to hydrolysis) is 1. The predicted octanol–water partition coefficient (Wildman–Crippen LogP) is 11.2. The average molecular weight is 1350 g/mol.